The van der Waals surface area contributed by atoms with E-state index in [0.29, 0.717) is 32.3 Å². The minimum atomic E-state index is -0.335. The zero-order chi connectivity index (χ0) is 17.2. The minimum absolute atomic E-state index is 0. The molecule has 0 unspecified atom stereocenters. The fourth-order valence-corrected chi connectivity index (χ4v) is 3.07. The molecule has 0 bridgehead atoms. The van der Waals surface area contributed by atoms with Crippen molar-refractivity contribution in [1.29, 1.82) is 0 Å². The summed E-state index contributed by atoms with van der Waals surface area (Å²) in [5.41, 5.74) is 0. The molecule has 6 nitrogen and oxygen atoms in total. The Kier molecular flexibility index (Phi) is 33.1. The number of phenolic OH excluding ortho intramolecular Hbond substituents is 6. The molecule has 0 aliphatic heterocycles. The van der Waals surface area contributed by atoms with Crippen molar-refractivity contribution < 1.29 is 227 Å². The van der Waals surface area contributed by atoms with Gasteiger partial charge < -0.3 is 30.6 Å². The first kappa shape index (κ1) is 58.7. The number of phenols is 6. The van der Waals surface area contributed by atoms with Crippen LogP contribution in [-0.2, 0) is 196 Å². The van der Waals surface area contributed by atoms with Gasteiger partial charge in [0, 0.05) is 196 Å². The number of rotatable bonds is 0. The molecule has 0 atom stereocenters. The van der Waals surface area contributed by atoms with E-state index in [9.17, 15) is 30.6 Å². The minimum Gasteiger partial charge on any atom is -0.504 e. The molecule has 6 N–H and O–H groups in total. The SMILES string of the molecule is Oc1cc2c3cc(O)c(O)cc3c3cc(O)c(O)cc3c2cc1O.[Rf].[Rf].[Rf].[Rf].[Rf].[Rf].[Y].[Y].[Y].[Y].[Y].[Y]. The average Bonchev–Trinajstić information content (AvgIpc) is 2.53. The van der Waals surface area contributed by atoms with Gasteiger partial charge in [0.15, 0.2) is 34.5 Å². The van der Waals surface area contributed by atoms with E-state index in [0.717, 1.165) is 0 Å². The number of fused-ring (bicyclic) bond motifs is 6. The van der Waals surface area contributed by atoms with E-state index in [1.54, 1.807) is 0 Å². The molecule has 6 radical (unpaired) electrons. The Morgan fingerprint density at radius 2 is 0.333 bits per heavy atom. The summed E-state index contributed by atoms with van der Waals surface area (Å²) in [4.78, 5) is 0. The number of benzene rings is 4. The van der Waals surface area contributed by atoms with Gasteiger partial charge >= 0.3 is 0 Å². The van der Waals surface area contributed by atoms with Crippen molar-refractivity contribution >= 4 is 32.3 Å². The van der Waals surface area contributed by atoms with Crippen molar-refractivity contribution in [2.45, 2.75) is 0 Å². The normalized spacial score (nSPS) is 7.67. The first-order valence-corrected chi connectivity index (χ1v) is 7.06. The smallest absolute Gasteiger partial charge is 0.158 e. The van der Waals surface area contributed by atoms with E-state index >= 15 is 0 Å². The third-order valence-corrected chi connectivity index (χ3v) is 4.21. The average molecular weight is 2460 g/mol. The quantitative estimate of drug-likeness (QED) is 0.119. The van der Waals surface area contributed by atoms with Crippen molar-refractivity contribution in [3.63, 3.8) is 0 Å². The molecular formula is C18H12O6Rf6Y6. The molecule has 4 aromatic rings. The Morgan fingerprint density at radius 1 is 0.250 bits per heavy atom. The summed E-state index contributed by atoms with van der Waals surface area (Å²) in [6.07, 6.45) is 0. The third kappa shape index (κ3) is 8.63. The van der Waals surface area contributed by atoms with Crippen LogP contribution in [0.4, 0.5) is 0 Å². The topological polar surface area (TPSA) is 121 Å². The second-order valence-electron chi connectivity index (χ2n) is 5.66. The van der Waals surface area contributed by atoms with E-state index in [2.05, 4.69) is 0 Å². The molecule has 36 heavy (non-hydrogen) atoms. The molecule has 0 fully saturated rings. The first-order chi connectivity index (χ1) is 11.4. The number of hydrogen-bond donors (Lipinski definition) is 6. The fraction of sp³-hybridized carbons (Fsp3) is 0. The van der Waals surface area contributed by atoms with Crippen molar-refractivity contribution in [3.05, 3.63) is 36.4 Å². The molecule has 0 heterocycles. The molecule has 0 aliphatic rings. The summed E-state index contributed by atoms with van der Waals surface area (Å²) < 4.78 is 0. The van der Waals surface area contributed by atoms with Crippen molar-refractivity contribution in [1.82, 2.24) is 0 Å². The van der Waals surface area contributed by atoms with Gasteiger partial charge in [-0.25, -0.2) is 0 Å². The van der Waals surface area contributed by atoms with E-state index in [4.69, 9.17) is 0 Å². The van der Waals surface area contributed by atoms with Crippen LogP contribution >= 0.6 is 0 Å². The Balaban J connectivity index is -0.0000000868. The first-order valence-electron chi connectivity index (χ1n) is 7.06. The van der Waals surface area contributed by atoms with Gasteiger partial charge in [-0.1, -0.05) is 0 Å². The summed E-state index contributed by atoms with van der Waals surface area (Å²) in [6.45, 7) is 0. The summed E-state index contributed by atoms with van der Waals surface area (Å²) in [6, 6.07) is 8.04. The van der Waals surface area contributed by atoms with Gasteiger partial charge in [0.25, 0.3) is 0 Å². The van der Waals surface area contributed by atoms with Gasteiger partial charge in [0.2, 0.25) is 0 Å². The van der Waals surface area contributed by atoms with Crippen LogP contribution in [0.15, 0.2) is 36.4 Å². The van der Waals surface area contributed by atoms with Gasteiger partial charge in [-0.3, -0.25) is 0 Å². The molecule has 0 spiro atoms. The molecule has 0 aromatic heterocycles. The van der Waals surface area contributed by atoms with Crippen molar-refractivity contribution in [2.24, 2.45) is 0 Å². The Labute approximate surface area is 323 Å². The van der Waals surface area contributed by atoms with Gasteiger partial charge in [-0.15, -0.1) is 0 Å². The zero-order valence-corrected chi connectivity index (χ0v) is 75.3. The fourth-order valence-electron chi connectivity index (χ4n) is 3.07. The number of aromatic hydroxyl groups is 6. The van der Waals surface area contributed by atoms with Gasteiger partial charge in [0.05, 0.1) is 0 Å². The van der Waals surface area contributed by atoms with Crippen LogP contribution in [0.1, 0.15) is 0 Å². The summed E-state index contributed by atoms with van der Waals surface area (Å²) in [5.74, 6) is -2.01. The van der Waals surface area contributed by atoms with E-state index in [1.807, 2.05) is 0 Å². The standard InChI is InChI=1S/C18H12O6.6Rf.6Y/c19-13-1-7-8(2-14(13)20)10-4-17(23)18(24)6-12(10)11-5-16(22)15(21)3-9(7)11;;;;;;;;;;;;/h1-6,19-24H;;;;;;;;;;;;. The van der Waals surface area contributed by atoms with E-state index in [1.165, 1.54) is 36.4 Å². The van der Waals surface area contributed by atoms with Gasteiger partial charge in [0.1, 0.15) is 0 Å². The van der Waals surface area contributed by atoms with Crippen LogP contribution in [0, 0.1) is 0 Å². The number of hydrogen-bond acceptors (Lipinski definition) is 6. The second kappa shape index (κ2) is 20.3. The van der Waals surface area contributed by atoms with Crippen LogP contribution in [0.2, 0.25) is 0 Å². The Hall–Kier alpha value is -2.92. The maximum atomic E-state index is 9.82. The molecule has 4 aromatic carbocycles. The Bertz CT molecular complexity index is 941. The molecule has 0 amide bonds. The van der Waals surface area contributed by atoms with Crippen molar-refractivity contribution in [3.8, 4) is 34.5 Å². The molecule has 0 saturated carbocycles. The van der Waals surface area contributed by atoms with Gasteiger partial charge in [-0.2, -0.15) is 0 Å². The largest absolute Gasteiger partial charge is 0.504 e. The van der Waals surface area contributed by atoms with Crippen LogP contribution in [-0.4, -0.2) is 30.6 Å². The van der Waals surface area contributed by atoms with Gasteiger partial charge in [-0.05, 0) is 68.7 Å². The van der Waals surface area contributed by atoms with Crippen LogP contribution in [0.25, 0.3) is 32.3 Å². The molecule has 0 aliphatic carbocycles. The van der Waals surface area contributed by atoms with Crippen LogP contribution in [0.5, 0.6) is 34.5 Å². The second-order valence-corrected chi connectivity index (χ2v) is 5.66. The molecule has 150 valence electrons. The van der Waals surface area contributed by atoms with Crippen LogP contribution < -0.4 is 0 Å². The zero-order valence-electron chi connectivity index (χ0n) is 19.9. The van der Waals surface area contributed by atoms with Crippen molar-refractivity contribution in [2.75, 3.05) is 0 Å². The Morgan fingerprint density at radius 3 is 0.417 bits per heavy atom. The predicted molar refractivity (Wildman–Crippen MR) is 88.9 cm³/mol. The summed E-state index contributed by atoms with van der Waals surface area (Å²) in [5, 5.41) is 62.0. The summed E-state index contributed by atoms with van der Waals surface area (Å²) >= 11 is 0. The molecule has 18 heteroatoms. The molecule has 4 rings (SSSR count). The monoisotopic (exact) mass is 2460 g/mol. The molecule has 0 saturated heterocycles. The van der Waals surface area contributed by atoms with E-state index < -0.39 is 0 Å². The maximum Gasteiger partial charge on any atom is 0.158 e. The molecular weight excluding hydrogens is 2450 g/mol. The predicted octanol–water partition coefficient (Wildman–Crippen LogP) is 3.36. The van der Waals surface area contributed by atoms with E-state index in [-0.39, 0.29) is 231 Å². The summed E-state index contributed by atoms with van der Waals surface area (Å²) in [7, 11) is 0. The third-order valence-electron chi connectivity index (χ3n) is 4.21. The maximum absolute atomic E-state index is 9.82. The van der Waals surface area contributed by atoms with Crippen LogP contribution in [0.3, 0.4) is 0 Å².